The zero-order chi connectivity index (χ0) is 8.97. The fraction of sp³-hybridized carbons (Fsp3) is 0.875. The first kappa shape index (κ1) is 9.32. The van der Waals surface area contributed by atoms with Gasteiger partial charge in [0.15, 0.2) is 0 Å². The number of ether oxygens (including phenoxy) is 2. The van der Waals surface area contributed by atoms with Crippen LogP contribution in [-0.2, 0) is 9.47 Å². The van der Waals surface area contributed by atoms with Crippen molar-refractivity contribution in [3.8, 4) is 0 Å². The van der Waals surface area contributed by atoms with Gasteiger partial charge < -0.3 is 15.2 Å². The third kappa shape index (κ3) is 2.70. The standard InChI is InChI=1S/C8H16N2O2/c1-6(11-2)3-4-7-5-12-8(9)10-7/h6-7H,3-5H2,1-2H3,(H2,9,10)/t6?,7-/m0/s1. The Labute approximate surface area is 72.8 Å². The van der Waals surface area contributed by atoms with Crippen LogP contribution in [0.2, 0.25) is 0 Å². The Hall–Kier alpha value is -0.770. The first-order valence-corrected chi connectivity index (χ1v) is 4.21. The van der Waals surface area contributed by atoms with Crippen LogP contribution in [0.3, 0.4) is 0 Å². The van der Waals surface area contributed by atoms with E-state index >= 15 is 0 Å². The van der Waals surface area contributed by atoms with Gasteiger partial charge in [0, 0.05) is 7.11 Å². The zero-order valence-electron chi connectivity index (χ0n) is 7.62. The molecule has 12 heavy (non-hydrogen) atoms. The van der Waals surface area contributed by atoms with E-state index in [-0.39, 0.29) is 6.04 Å². The van der Waals surface area contributed by atoms with Crippen LogP contribution in [0.1, 0.15) is 19.8 Å². The Bertz CT molecular complexity index is 170. The lowest BCUT2D eigenvalue weighted by atomic mass is 10.1. The monoisotopic (exact) mass is 172 g/mol. The molecule has 1 aliphatic heterocycles. The topological polar surface area (TPSA) is 56.8 Å². The van der Waals surface area contributed by atoms with E-state index in [1.165, 1.54) is 0 Å². The quantitative estimate of drug-likeness (QED) is 0.672. The van der Waals surface area contributed by atoms with Gasteiger partial charge in [-0.05, 0) is 19.8 Å². The van der Waals surface area contributed by atoms with Gasteiger partial charge in [-0.15, -0.1) is 0 Å². The van der Waals surface area contributed by atoms with Crippen molar-refractivity contribution in [2.45, 2.75) is 31.9 Å². The smallest absolute Gasteiger partial charge is 0.282 e. The van der Waals surface area contributed by atoms with Crippen molar-refractivity contribution in [1.29, 1.82) is 0 Å². The van der Waals surface area contributed by atoms with E-state index in [0.29, 0.717) is 18.7 Å². The van der Waals surface area contributed by atoms with E-state index in [1.54, 1.807) is 7.11 Å². The second kappa shape index (κ2) is 4.30. The number of nitrogens with two attached hydrogens (primary N) is 1. The molecule has 0 saturated carbocycles. The van der Waals surface area contributed by atoms with E-state index < -0.39 is 0 Å². The van der Waals surface area contributed by atoms with Gasteiger partial charge in [0.2, 0.25) is 0 Å². The molecule has 2 N–H and O–H groups in total. The molecular weight excluding hydrogens is 156 g/mol. The van der Waals surface area contributed by atoms with Gasteiger partial charge in [0.1, 0.15) is 6.61 Å². The Morgan fingerprint density at radius 3 is 3.08 bits per heavy atom. The van der Waals surface area contributed by atoms with Crippen molar-refractivity contribution in [3.05, 3.63) is 0 Å². The minimum atomic E-state index is 0.239. The van der Waals surface area contributed by atoms with E-state index in [9.17, 15) is 0 Å². The lowest BCUT2D eigenvalue weighted by molar-refractivity contribution is 0.106. The molecule has 0 spiro atoms. The van der Waals surface area contributed by atoms with Crippen molar-refractivity contribution >= 4 is 6.02 Å². The summed E-state index contributed by atoms with van der Waals surface area (Å²) in [7, 11) is 1.72. The summed E-state index contributed by atoms with van der Waals surface area (Å²) in [6.07, 6.45) is 2.28. The first-order chi connectivity index (χ1) is 5.72. The number of rotatable bonds is 4. The normalized spacial score (nSPS) is 24.8. The Morgan fingerprint density at radius 2 is 2.58 bits per heavy atom. The molecule has 4 heteroatoms. The Kier molecular flexibility index (Phi) is 3.34. The predicted molar refractivity (Wildman–Crippen MR) is 47.1 cm³/mol. The van der Waals surface area contributed by atoms with Crippen LogP contribution >= 0.6 is 0 Å². The summed E-state index contributed by atoms with van der Waals surface area (Å²) in [5, 5.41) is 0. The molecule has 70 valence electrons. The van der Waals surface area contributed by atoms with E-state index in [2.05, 4.69) is 4.99 Å². The van der Waals surface area contributed by atoms with Crippen LogP contribution in [0.5, 0.6) is 0 Å². The summed E-state index contributed by atoms with van der Waals surface area (Å²) in [6, 6.07) is 0.563. The van der Waals surface area contributed by atoms with Crippen molar-refractivity contribution in [3.63, 3.8) is 0 Å². The minimum Gasteiger partial charge on any atom is -0.463 e. The molecule has 0 fully saturated rings. The fourth-order valence-electron chi connectivity index (χ4n) is 1.13. The predicted octanol–water partition coefficient (Wildman–Crippen LogP) is 0.515. The summed E-state index contributed by atoms with van der Waals surface area (Å²) in [4.78, 5) is 4.11. The van der Waals surface area contributed by atoms with E-state index in [1.807, 2.05) is 6.92 Å². The summed E-state index contributed by atoms with van der Waals surface area (Å²) >= 11 is 0. The minimum absolute atomic E-state index is 0.239. The van der Waals surface area contributed by atoms with Gasteiger partial charge in [0.05, 0.1) is 12.1 Å². The maximum atomic E-state index is 5.36. The summed E-state index contributed by atoms with van der Waals surface area (Å²) in [5.74, 6) is 0. The molecule has 0 aliphatic carbocycles. The highest BCUT2D eigenvalue weighted by molar-refractivity contribution is 5.72. The van der Waals surface area contributed by atoms with Crippen LogP contribution in [0, 0.1) is 0 Å². The van der Waals surface area contributed by atoms with Gasteiger partial charge in [-0.25, -0.2) is 4.99 Å². The van der Waals surface area contributed by atoms with Crippen molar-refractivity contribution < 1.29 is 9.47 Å². The maximum Gasteiger partial charge on any atom is 0.282 e. The average Bonchev–Trinajstić information content (AvgIpc) is 2.47. The molecule has 4 nitrogen and oxygen atoms in total. The van der Waals surface area contributed by atoms with Gasteiger partial charge in [0.25, 0.3) is 6.02 Å². The molecule has 2 atom stereocenters. The number of nitrogens with zero attached hydrogens (tertiary/aromatic N) is 1. The van der Waals surface area contributed by atoms with Crippen LogP contribution in [0.15, 0.2) is 4.99 Å². The number of hydrogen-bond donors (Lipinski definition) is 1. The summed E-state index contributed by atoms with van der Waals surface area (Å²) in [6.45, 7) is 2.67. The molecule has 1 heterocycles. The number of methoxy groups -OCH3 is 1. The molecule has 1 rings (SSSR count). The number of hydrogen-bond acceptors (Lipinski definition) is 4. The summed E-state index contributed by atoms with van der Waals surface area (Å²) < 4.78 is 10.1. The first-order valence-electron chi connectivity index (χ1n) is 4.21. The molecule has 0 saturated heterocycles. The van der Waals surface area contributed by atoms with Gasteiger partial charge in [-0.3, -0.25) is 0 Å². The molecule has 1 unspecified atom stereocenters. The van der Waals surface area contributed by atoms with Crippen molar-refractivity contribution in [1.82, 2.24) is 0 Å². The molecule has 1 aliphatic rings. The second-order valence-electron chi connectivity index (χ2n) is 3.06. The molecular formula is C8H16N2O2. The maximum absolute atomic E-state index is 5.36. The van der Waals surface area contributed by atoms with Crippen LogP contribution in [0.25, 0.3) is 0 Å². The molecule has 0 aromatic carbocycles. The number of aliphatic imine (C=N–C) groups is 1. The third-order valence-corrected chi connectivity index (χ3v) is 2.04. The van der Waals surface area contributed by atoms with Crippen molar-refractivity contribution in [2.75, 3.05) is 13.7 Å². The Morgan fingerprint density at radius 1 is 1.83 bits per heavy atom. The SMILES string of the molecule is COC(C)CC[C@H]1COC(N)=N1. The molecule has 0 bridgehead atoms. The largest absolute Gasteiger partial charge is 0.463 e. The molecule has 0 aromatic rings. The average molecular weight is 172 g/mol. The molecule has 0 amide bonds. The molecule has 0 radical (unpaired) electrons. The van der Waals surface area contributed by atoms with Crippen LogP contribution in [-0.4, -0.2) is 31.9 Å². The van der Waals surface area contributed by atoms with Gasteiger partial charge >= 0.3 is 0 Å². The fourth-order valence-corrected chi connectivity index (χ4v) is 1.13. The van der Waals surface area contributed by atoms with Crippen LogP contribution < -0.4 is 5.73 Å². The van der Waals surface area contributed by atoms with Crippen molar-refractivity contribution in [2.24, 2.45) is 10.7 Å². The van der Waals surface area contributed by atoms with E-state index in [4.69, 9.17) is 15.2 Å². The highest BCUT2D eigenvalue weighted by Crippen LogP contribution is 2.11. The van der Waals surface area contributed by atoms with Crippen LogP contribution in [0.4, 0.5) is 0 Å². The number of amidine groups is 1. The lowest BCUT2D eigenvalue weighted by Gasteiger charge is -2.10. The summed E-state index contributed by atoms with van der Waals surface area (Å²) in [5.41, 5.74) is 5.36. The highest BCUT2D eigenvalue weighted by atomic mass is 16.5. The van der Waals surface area contributed by atoms with Gasteiger partial charge in [-0.2, -0.15) is 0 Å². The lowest BCUT2D eigenvalue weighted by Crippen LogP contribution is -2.12. The zero-order valence-corrected chi connectivity index (χ0v) is 7.62. The third-order valence-electron chi connectivity index (χ3n) is 2.04. The Balaban J connectivity index is 2.16. The van der Waals surface area contributed by atoms with E-state index in [0.717, 1.165) is 12.8 Å². The van der Waals surface area contributed by atoms with Gasteiger partial charge in [-0.1, -0.05) is 0 Å². The highest BCUT2D eigenvalue weighted by Gasteiger charge is 2.16. The second-order valence-corrected chi connectivity index (χ2v) is 3.06. The molecule has 0 aromatic heterocycles.